The van der Waals surface area contributed by atoms with Crippen LogP contribution in [0.3, 0.4) is 0 Å². The smallest absolute Gasteiger partial charge is 0.494 e. The monoisotopic (exact) mass is 346 g/mol. The fourth-order valence-electron chi connectivity index (χ4n) is 2.87. The van der Waals surface area contributed by atoms with Gasteiger partial charge in [0.25, 0.3) is 6.29 Å². The molecule has 3 unspecified atom stereocenters. The molecule has 1 saturated heterocycles. The van der Waals surface area contributed by atoms with Crippen molar-refractivity contribution in [2.75, 3.05) is 7.11 Å². The second-order valence-corrected chi connectivity index (χ2v) is 5.55. The Labute approximate surface area is 141 Å². The van der Waals surface area contributed by atoms with E-state index in [1.807, 2.05) is 0 Å². The second-order valence-electron chi connectivity index (χ2n) is 5.55. The van der Waals surface area contributed by atoms with Crippen LogP contribution in [0.15, 0.2) is 51.1 Å². The normalized spacial score (nSPS) is 25.0. The van der Waals surface area contributed by atoms with Crippen molar-refractivity contribution >= 4 is 17.1 Å². The Kier molecular flexibility index (Phi) is 3.52. The van der Waals surface area contributed by atoms with Crippen LogP contribution >= 0.6 is 0 Å². The molecule has 0 radical (unpaired) electrons. The summed E-state index contributed by atoms with van der Waals surface area (Å²) in [5.74, 6) is 1.20. The molecule has 130 valence electrons. The first-order valence-electron chi connectivity index (χ1n) is 7.54. The summed E-state index contributed by atoms with van der Waals surface area (Å²) in [6, 6.07) is 8.01. The fraction of sp³-hybridized carbons (Fsp3) is 0.294. The zero-order valence-electron chi connectivity index (χ0n) is 13.4. The van der Waals surface area contributed by atoms with Crippen LogP contribution in [0.5, 0.6) is 5.75 Å². The van der Waals surface area contributed by atoms with Crippen LogP contribution in [0.4, 0.5) is 4.79 Å². The summed E-state index contributed by atoms with van der Waals surface area (Å²) in [6.45, 7) is 1.68. The first kappa shape index (κ1) is 15.4. The molecule has 1 aromatic carbocycles. The first-order chi connectivity index (χ1) is 12.0. The lowest BCUT2D eigenvalue weighted by Crippen LogP contribution is -2.45. The summed E-state index contributed by atoms with van der Waals surface area (Å²) >= 11 is 0. The summed E-state index contributed by atoms with van der Waals surface area (Å²) in [5, 5.41) is 0.753. The third-order valence-corrected chi connectivity index (χ3v) is 3.99. The average molecular weight is 346 g/mol. The van der Waals surface area contributed by atoms with E-state index in [0.717, 1.165) is 5.39 Å². The lowest BCUT2D eigenvalue weighted by atomic mass is 10.1. The minimum absolute atomic E-state index is 0.375. The molecule has 0 N–H and O–H groups in total. The third kappa shape index (κ3) is 2.65. The number of allylic oxidation sites excluding steroid dienone is 1. The molecular formula is C17H14O8. The predicted octanol–water partition coefficient (Wildman–Crippen LogP) is 2.31. The Balaban J connectivity index is 1.65. The van der Waals surface area contributed by atoms with Crippen LogP contribution in [0.1, 0.15) is 6.92 Å². The van der Waals surface area contributed by atoms with E-state index >= 15 is 0 Å². The molecule has 1 aromatic heterocycles. The van der Waals surface area contributed by atoms with Crippen LogP contribution in [0.25, 0.3) is 11.0 Å². The number of ether oxygens (including phenoxy) is 5. The Morgan fingerprint density at radius 1 is 1.04 bits per heavy atom. The summed E-state index contributed by atoms with van der Waals surface area (Å²) in [7, 11) is 1.46. The first-order valence-corrected chi connectivity index (χ1v) is 7.54. The minimum atomic E-state index is -0.928. The van der Waals surface area contributed by atoms with Gasteiger partial charge in [-0.3, -0.25) is 0 Å². The van der Waals surface area contributed by atoms with Gasteiger partial charge in [-0.15, -0.1) is 0 Å². The molecule has 0 spiro atoms. The third-order valence-electron chi connectivity index (χ3n) is 3.99. The Morgan fingerprint density at radius 2 is 1.84 bits per heavy atom. The van der Waals surface area contributed by atoms with Gasteiger partial charge in [0.1, 0.15) is 17.1 Å². The van der Waals surface area contributed by atoms with E-state index in [0.29, 0.717) is 22.9 Å². The number of carbonyl (C=O) groups excluding carboxylic acids is 1. The van der Waals surface area contributed by atoms with Gasteiger partial charge in [0, 0.05) is 17.5 Å². The lowest BCUT2D eigenvalue weighted by Gasteiger charge is -2.32. The van der Waals surface area contributed by atoms with Crippen LogP contribution in [0, 0.1) is 0 Å². The van der Waals surface area contributed by atoms with E-state index in [1.54, 1.807) is 31.2 Å². The zero-order chi connectivity index (χ0) is 17.6. The molecule has 2 aromatic rings. The number of fused-ring (bicyclic) bond motifs is 2. The van der Waals surface area contributed by atoms with E-state index in [9.17, 15) is 9.59 Å². The van der Waals surface area contributed by atoms with Gasteiger partial charge < -0.3 is 28.1 Å². The summed E-state index contributed by atoms with van der Waals surface area (Å²) in [5.41, 5.74) is -0.0814. The quantitative estimate of drug-likeness (QED) is 0.617. The van der Waals surface area contributed by atoms with Gasteiger partial charge in [-0.2, -0.15) is 0 Å². The van der Waals surface area contributed by atoms with Crippen molar-refractivity contribution in [3.05, 3.63) is 52.3 Å². The van der Waals surface area contributed by atoms with Gasteiger partial charge in [0.05, 0.1) is 7.11 Å². The second kappa shape index (κ2) is 5.73. The largest absolute Gasteiger partial charge is 0.509 e. The number of hydrogen-bond acceptors (Lipinski definition) is 8. The molecule has 0 aliphatic carbocycles. The standard InChI is InChI=1S/C17H14O8/c1-8-13(20-2)14-15(25-17(19)24-14)16(21-8)22-10-5-3-9-4-6-12(18)23-11(9)7-10/h3-7,14-16H,1-2H3. The number of benzene rings is 1. The highest BCUT2D eigenvalue weighted by Gasteiger charge is 2.51. The van der Waals surface area contributed by atoms with Crippen LogP contribution in [0.2, 0.25) is 0 Å². The van der Waals surface area contributed by atoms with Crippen LogP contribution < -0.4 is 10.4 Å². The molecule has 4 rings (SSSR count). The van der Waals surface area contributed by atoms with E-state index < -0.39 is 30.3 Å². The SMILES string of the molecule is COC1=C(C)OC(Oc2ccc3ccc(=O)oc3c2)C2OC(=O)OC12. The Hall–Kier alpha value is -3.16. The van der Waals surface area contributed by atoms with Gasteiger partial charge in [-0.05, 0) is 25.1 Å². The number of hydrogen-bond donors (Lipinski definition) is 0. The van der Waals surface area contributed by atoms with E-state index in [2.05, 4.69) is 0 Å². The zero-order valence-corrected chi connectivity index (χ0v) is 13.4. The molecular weight excluding hydrogens is 332 g/mol. The summed E-state index contributed by atoms with van der Waals surface area (Å²) < 4.78 is 32.1. The van der Waals surface area contributed by atoms with Crippen LogP contribution in [-0.4, -0.2) is 31.8 Å². The van der Waals surface area contributed by atoms with Crippen LogP contribution in [-0.2, 0) is 18.9 Å². The predicted molar refractivity (Wildman–Crippen MR) is 82.8 cm³/mol. The maximum atomic E-state index is 11.5. The molecule has 8 heteroatoms. The van der Waals surface area contributed by atoms with Crippen molar-refractivity contribution in [3.63, 3.8) is 0 Å². The van der Waals surface area contributed by atoms with E-state index in [1.165, 1.54) is 13.2 Å². The maximum Gasteiger partial charge on any atom is 0.509 e. The van der Waals surface area contributed by atoms with Crippen molar-refractivity contribution < 1.29 is 32.9 Å². The van der Waals surface area contributed by atoms with Crippen molar-refractivity contribution in [2.45, 2.75) is 25.4 Å². The molecule has 3 heterocycles. The van der Waals surface area contributed by atoms with Crippen molar-refractivity contribution in [1.82, 2.24) is 0 Å². The van der Waals surface area contributed by atoms with E-state index in [4.69, 9.17) is 28.1 Å². The summed E-state index contributed by atoms with van der Waals surface area (Å²) in [4.78, 5) is 22.9. The molecule has 3 atom stereocenters. The number of carbonyl (C=O) groups is 1. The number of rotatable bonds is 3. The molecule has 8 nitrogen and oxygen atoms in total. The molecule has 0 saturated carbocycles. The Bertz CT molecular complexity index is 928. The Morgan fingerprint density at radius 3 is 2.64 bits per heavy atom. The topological polar surface area (TPSA) is 93.4 Å². The van der Waals surface area contributed by atoms with Gasteiger partial charge in [0.2, 0.25) is 12.2 Å². The molecule has 2 aliphatic heterocycles. The van der Waals surface area contributed by atoms with Crippen molar-refractivity contribution in [3.8, 4) is 5.75 Å². The highest BCUT2D eigenvalue weighted by Crippen LogP contribution is 2.35. The minimum Gasteiger partial charge on any atom is -0.494 e. The molecule has 25 heavy (non-hydrogen) atoms. The number of methoxy groups -OCH3 is 1. The van der Waals surface area contributed by atoms with Gasteiger partial charge in [0.15, 0.2) is 5.76 Å². The van der Waals surface area contributed by atoms with Gasteiger partial charge >= 0.3 is 11.8 Å². The average Bonchev–Trinajstić information content (AvgIpc) is 2.96. The summed E-state index contributed by atoms with van der Waals surface area (Å²) in [6.07, 6.45) is -3.30. The van der Waals surface area contributed by atoms with Gasteiger partial charge in [-0.1, -0.05) is 0 Å². The molecule has 2 aliphatic rings. The van der Waals surface area contributed by atoms with E-state index in [-0.39, 0.29) is 0 Å². The molecule has 0 bridgehead atoms. The lowest BCUT2D eigenvalue weighted by molar-refractivity contribution is -0.140. The molecule has 1 fully saturated rings. The van der Waals surface area contributed by atoms with Crippen molar-refractivity contribution in [1.29, 1.82) is 0 Å². The highest BCUT2D eigenvalue weighted by atomic mass is 16.8. The fourth-order valence-corrected chi connectivity index (χ4v) is 2.87. The maximum absolute atomic E-state index is 11.5. The highest BCUT2D eigenvalue weighted by molar-refractivity contribution is 5.77. The van der Waals surface area contributed by atoms with Crippen molar-refractivity contribution in [2.24, 2.45) is 0 Å². The van der Waals surface area contributed by atoms with Gasteiger partial charge in [-0.25, -0.2) is 9.59 Å². The molecule has 0 amide bonds.